The average Bonchev–Trinajstić information content (AvgIpc) is 2.68. The van der Waals surface area contributed by atoms with Gasteiger partial charge in [0.2, 0.25) is 0 Å². The molecule has 1 heterocycles. The van der Waals surface area contributed by atoms with E-state index in [1.165, 1.54) is 24.8 Å². The highest BCUT2D eigenvalue weighted by Crippen LogP contribution is 2.29. The van der Waals surface area contributed by atoms with E-state index < -0.39 is 4.92 Å². The topological polar surface area (TPSA) is 70.9 Å². The number of nitro benzene ring substituents is 1. The molecule has 0 aliphatic carbocycles. The summed E-state index contributed by atoms with van der Waals surface area (Å²) in [6, 6.07) is 12.3. The van der Waals surface area contributed by atoms with Crippen LogP contribution >= 0.6 is 23.8 Å². The van der Waals surface area contributed by atoms with Gasteiger partial charge < -0.3 is 15.0 Å². The normalized spacial score (nSPS) is 14.6. The van der Waals surface area contributed by atoms with Crippen molar-refractivity contribution in [3.63, 3.8) is 0 Å². The first-order chi connectivity index (χ1) is 13.5. The molecule has 7 nitrogen and oxygen atoms in total. The van der Waals surface area contributed by atoms with E-state index in [4.69, 9.17) is 28.6 Å². The molecule has 0 spiro atoms. The lowest BCUT2D eigenvalue weighted by atomic mass is 10.2. The summed E-state index contributed by atoms with van der Waals surface area (Å²) in [5.41, 5.74) is 1.78. The highest BCUT2D eigenvalue weighted by molar-refractivity contribution is 7.80. The number of rotatable bonds is 5. The number of ether oxygens (including phenoxy) is 1. The van der Waals surface area contributed by atoms with Crippen LogP contribution in [0.1, 0.15) is 5.56 Å². The van der Waals surface area contributed by atoms with Gasteiger partial charge in [0.05, 0.1) is 23.8 Å². The van der Waals surface area contributed by atoms with Crippen molar-refractivity contribution in [1.82, 2.24) is 9.80 Å². The summed E-state index contributed by atoms with van der Waals surface area (Å²) < 4.78 is 5.25. The van der Waals surface area contributed by atoms with E-state index in [2.05, 4.69) is 21.2 Å². The molecule has 3 rings (SSSR count). The molecule has 1 aliphatic rings. The van der Waals surface area contributed by atoms with Gasteiger partial charge in [0.25, 0.3) is 5.69 Å². The van der Waals surface area contributed by atoms with Crippen LogP contribution in [-0.2, 0) is 6.54 Å². The number of hydrogen-bond donors (Lipinski definition) is 1. The molecule has 1 fully saturated rings. The average molecular weight is 421 g/mol. The third-order valence-electron chi connectivity index (χ3n) is 4.59. The Labute approximate surface area is 174 Å². The third kappa shape index (κ3) is 5.09. The number of methoxy groups -OCH3 is 1. The van der Waals surface area contributed by atoms with Crippen LogP contribution in [0.2, 0.25) is 5.02 Å². The minimum absolute atomic E-state index is 0.0250. The van der Waals surface area contributed by atoms with Gasteiger partial charge in [-0.1, -0.05) is 23.7 Å². The van der Waals surface area contributed by atoms with Crippen LogP contribution in [0.3, 0.4) is 0 Å². The number of hydrogen-bond acceptors (Lipinski definition) is 5. The summed E-state index contributed by atoms with van der Waals surface area (Å²) in [6.45, 7) is 4.20. The number of benzene rings is 2. The van der Waals surface area contributed by atoms with Crippen molar-refractivity contribution in [2.24, 2.45) is 0 Å². The Hall–Kier alpha value is -2.42. The van der Waals surface area contributed by atoms with E-state index in [1.54, 1.807) is 6.07 Å². The smallest absolute Gasteiger partial charge is 0.273 e. The zero-order valence-electron chi connectivity index (χ0n) is 15.4. The molecule has 0 saturated carbocycles. The van der Waals surface area contributed by atoms with Crippen molar-refractivity contribution >= 4 is 40.3 Å². The van der Waals surface area contributed by atoms with Crippen molar-refractivity contribution in [2.45, 2.75) is 6.54 Å². The monoisotopic (exact) mass is 420 g/mol. The third-order valence-corrected chi connectivity index (χ3v) is 5.19. The van der Waals surface area contributed by atoms with E-state index in [1.807, 2.05) is 18.2 Å². The van der Waals surface area contributed by atoms with Crippen molar-refractivity contribution in [3.8, 4) is 5.75 Å². The molecule has 1 aliphatic heterocycles. The van der Waals surface area contributed by atoms with Crippen LogP contribution < -0.4 is 10.1 Å². The first-order valence-corrected chi connectivity index (χ1v) is 9.60. The minimum atomic E-state index is -0.455. The molecule has 1 saturated heterocycles. The fraction of sp³-hybridized carbons (Fsp3) is 0.316. The SMILES string of the molecule is COc1cc([N+](=O)[O-])ccc1NC(=S)N1CCN(Cc2cccc(Cl)c2)CC1. The second-order valence-electron chi connectivity index (χ2n) is 6.46. The van der Waals surface area contributed by atoms with E-state index in [-0.39, 0.29) is 5.69 Å². The van der Waals surface area contributed by atoms with Crippen molar-refractivity contribution in [2.75, 3.05) is 38.6 Å². The minimum Gasteiger partial charge on any atom is -0.494 e. The molecule has 1 N–H and O–H groups in total. The number of nitro groups is 1. The molecule has 148 valence electrons. The first kappa shape index (κ1) is 20.3. The number of nitrogens with one attached hydrogen (secondary N) is 1. The molecule has 0 amide bonds. The predicted octanol–water partition coefficient (Wildman–Crippen LogP) is 3.77. The molecule has 2 aromatic rings. The molecule has 0 atom stereocenters. The molecule has 2 aromatic carbocycles. The van der Waals surface area contributed by atoms with E-state index in [0.717, 1.165) is 37.7 Å². The van der Waals surface area contributed by atoms with E-state index in [9.17, 15) is 10.1 Å². The van der Waals surface area contributed by atoms with Gasteiger partial charge in [-0.2, -0.15) is 0 Å². The molecular formula is C19H21ClN4O3S. The molecule has 0 unspecified atom stereocenters. The highest BCUT2D eigenvalue weighted by Gasteiger charge is 2.20. The second-order valence-corrected chi connectivity index (χ2v) is 7.29. The van der Waals surface area contributed by atoms with Crippen LogP contribution in [0, 0.1) is 10.1 Å². The Kier molecular flexibility index (Phi) is 6.66. The van der Waals surface area contributed by atoms with Crippen molar-refractivity contribution in [1.29, 1.82) is 0 Å². The Balaban J connectivity index is 1.56. The molecule has 0 aromatic heterocycles. The maximum Gasteiger partial charge on any atom is 0.273 e. The van der Waals surface area contributed by atoms with Gasteiger partial charge in [0.15, 0.2) is 5.11 Å². The summed E-state index contributed by atoms with van der Waals surface area (Å²) in [5.74, 6) is 0.385. The standard InChI is InChI=1S/C19H21ClN4O3S/c1-27-18-12-16(24(25)26)5-6-17(18)21-19(28)23-9-7-22(8-10-23)13-14-3-2-4-15(20)11-14/h2-6,11-12H,7-10,13H2,1H3,(H,21,28). The molecule has 0 radical (unpaired) electrons. The summed E-state index contributed by atoms with van der Waals surface area (Å²) in [5, 5.41) is 15.4. The van der Waals surface area contributed by atoms with Gasteiger partial charge in [-0.3, -0.25) is 15.0 Å². The van der Waals surface area contributed by atoms with Gasteiger partial charge in [-0.25, -0.2) is 0 Å². The first-order valence-electron chi connectivity index (χ1n) is 8.81. The van der Waals surface area contributed by atoms with Crippen molar-refractivity contribution < 1.29 is 9.66 Å². The summed E-state index contributed by atoms with van der Waals surface area (Å²) in [6.07, 6.45) is 0. The summed E-state index contributed by atoms with van der Waals surface area (Å²) in [7, 11) is 1.47. The number of nitrogens with zero attached hydrogens (tertiary/aromatic N) is 3. The van der Waals surface area contributed by atoms with Gasteiger partial charge in [-0.15, -0.1) is 0 Å². The largest absolute Gasteiger partial charge is 0.494 e. The van der Waals surface area contributed by atoms with Crippen LogP contribution in [0.25, 0.3) is 0 Å². The Bertz CT molecular complexity index is 872. The van der Waals surface area contributed by atoms with Crippen LogP contribution in [0.5, 0.6) is 5.75 Å². The lowest BCUT2D eigenvalue weighted by Crippen LogP contribution is -2.49. The molecule has 28 heavy (non-hydrogen) atoms. The number of anilines is 1. The Morgan fingerprint density at radius 1 is 1.25 bits per heavy atom. The lowest BCUT2D eigenvalue weighted by Gasteiger charge is -2.36. The predicted molar refractivity (Wildman–Crippen MR) is 114 cm³/mol. The maximum atomic E-state index is 10.9. The highest BCUT2D eigenvalue weighted by atomic mass is 35.5. The van der Waals surface area contributed by atoms with Gasteiger partial charge >= 0.3 is 0 Å². The zero-order chi connectivity index (χ0) is 20.1. The van der Waals surface area contributed by atoms with Crippen LogP contribution in [0.4, 0.5) is 11.4 Å². The Morgan fingerprint density at radius 3 is 2.64 bits per heavy atom. The lowest BCUT2D eigenvalue weighted by molar-refractivity contribution is -0.384. The van der Waals surface area contributed by atoms with Gasteiger partial charge in [-0.05, 0) is 36.0 Å². The van der Waals surface area contributed by atoms with Gasteiger partial charge in [0.1, 0.15) is 5.75 Å². The fourth-order valence-corrected chi connectivity index (χ4v) is 3.60. The zero-order valence-corrected chi connectivity index (χ0v) is 17.0. The maximum absolute atomic E-state index is 10.9. The molecule has 0 bridgehead atoms. The van der Waals surface area contributed by atoms with Gasteiger partial charge in [0, 0.05) is 43.8 Å². The summed E-state index contributed by atoms with van der Waals surface area (Å²) >= 11 is 11.6. The quantitative estimate of drug-likeness (QED) is 0.448. The number of piperazine rings is 1. The molecule has 9 heteroatoms. The second kappa shape index (κ2) is 9.18. The fourth-order valence-electron chi connectivity index (χ4n) is 3.09. The molecular weight excluding hydrogens is 400 g/mol. The van der Waals surface area contributed by atoms with Crippen LogP contribution in [-0.4, -0.2) is 53.1 Å². The van der Waals surface area contributed by atoms with E-state index in [0.29, 0.717) is 16.5 Å². The summed E-state index contributed by atoms with van der Waals surface area (Å²) in [4.78, 5) is 14.9. The Morgan fingerprint density at radius 2 is 2.00 bits per heavy atom. The number of thiocarbonyl (C=S) groups is 1. The number of halogens is 1. The van der Waals surface area contributed by atoms with Crippen LogP contribution in [0.15, 0.2) is 42.5 Å². The van der Waals surface area contributed by atoms with Crippen molar-refractivity contribution in [3.05, 3.63) is 63.2 Å². The number of non-ortho nitro benzene ring substituents is 1. The van der Waals surface area contributed by atoms with E-state index >= 15 is 0 Å².